The number of hydrogen-bond acceptors (Lipinski definition) is 6. The van der Waals surface area contributed by atoms with E-state index in [0.29, 0.717) is 13.1 Å². The van der Waals surface area contributed by atoms with E-state index in [-0.39, 0.29) is 12.2 Å². The minimum atomic E-state index is -0.672. The van der Waals surface area contributed by atoms with Crippen molar-refractivity contribution in [2.75, 3.05) is 20.7 Å². The van der Waals surface area contributed by atoms with Crippen molar-refractivity contribution >= 4 is 5.69 Å². The van der Waals surface area contributed by atoms with Crippen LogP contribution >= 0.6 is 0 Å². The third kappa shape index (κ3) is 4.77. The predicted molar refractivity (Wildman–Crippen MR) is 89.0 cm³/mol. The number of rotatable bonds is 8. The molecular formula is C16H22N4O4. The van der Waals surface area contributed by atoms with Crippen molar-refractivity contribution in [3.8, 4) is 5.75 Å². The Morgan fingerprint density at radius 3 is 2.83 bits per heavy atom. The van der Waals surface area contributed by atoms with E-state index in [1.165, 1.54) is 17.1 Å². The summed E-state index contributed by atoms with van der Waals surface area (Å²) in [4.78, 5) is 12.1. The van der Waals surface area contributed by atoms with Gasteiger partial charge in [-0.2, -0.15) is 5.10 Å². The Balaban J connectivity index is 1.87. The zero-order chi connectivity index (χ0) is 17.7. The Morgan fingerprint density at radius 1 is 1.50 bits per heavy atom. The van der Waals surface area contributed by atoms with Crippen molar-refractivity contribution in [2.45, 2.75) is 26.1 Å². The maximum Gasteiger partial charge on any atom is 0.306 e. The van der Waals surface area contributed by atoms with Crippen LogP contribution in [0.15, 0.2) is 30.6 Å². The topological polar surface area (TPSA) is 93.7 Å². The van der Waals surface area contributed by atoms with Crippen LogP contribution in [-0.2, 0) is 13.1 Å². The number of aliphatic hydroxyl groups excluding tert-OH is 1. The molecule has 0 saturated heterocycles. The van der Waals surface area contributed by atoms with Crippen LogP contribution in [0.2, 0.25) is 0 Å². The van der Waals surface area contributed by atoms with E-state index in [0.717, 1.165) is 16.9 Å². The molecule has 2 aromatic rings. The first-order valence-corrected chi connectivity index (χ1v) is 7.56. The molecule has 0 fully saturated rings. The highest BCUT2D eigenvalue weighted by molar-refractivity contribution is 5.36. The van der Waals surface area contributed by atoms with Crippen molar-refractivity contribution in [1.82, 2.24) is 14.7 Å². The quantitative estimate of drug-likeness (QED) is 0.582. The van der Waals surface area contributed by atoms with Gasteiger partial charge in [0.15, 0.2) is 0 Å². The standard InChI is InChI=1S/C16H22N4O4/c1-12-6-13(4-5-16(12)24-3)8-18(2)10-15(21)11-19-9-14(7-17-19)20(22)23/h4-7,9,15,21H,8,10-11H2,1-3H3. The summed E-state index contributed by atoms with van der Waals surface area (Å²) >= 11 is 0. The molecule has 1 aromatic carbocycles. The highest BCUT2D eigenvalue weighted by Gasteiger charge is 2.14. The Morgan fingerprint density at radius 2 is 2.25 bits per heavy atom. The van der Waals surface area contributed by atoms with Crippen LogP contribution < -0.4 is 4.74 Å². The van der Waals surface area contributed by atoms with E-state index < -0.39 is 11.0 Å². The molecule has 2 rings (SSSR count). The van der Waals surface area contributed by atoms with Gasteiger partial charge >= 0.3 is 5.69 Å². The highest BCUT2D eigenvalue weighted by atomic mass is 16.6. The maximum atomic E-state index is 10.6. The summed E-state index contributed by atoms with van der Waals surface area (Å²) in [6.45, 7) is 3.31. The molecule has 1 unspecified atom stereocenters. The number of aliphatic hydroxyl groups is 1. The van der Waals surface area contributed by atoms with E-state index >= 15 is 0 Å². The van der Waals surface area contributed by atoms with Gasteiger partial charge < -0.3 is 9.84 Å². The number of likely N-dealkylation sites (N-methyl/N-ethyl adjacent to an activating group) is 1. The summed E-state index contributed by atoms with van der Waals surface area (Å²) in [6, 6.07) is 5.97. The minimum Gasteiger partial charge on any atom is -0.496 e. The van der Waals surface area contributed by atoms with Gasteiger partial charge in [0.05, 0.1) is 24.7 Å². The SMILES string of the molecule is COc1ccc(CN(C)CC(O)Cn2cc([N+](=O)[O-])cn2)cc1C. The predicted octanol–water partition coefficient (Wildman–Crippen LogP) is 1.60. The van der Waals surface area contributed by atoms with Crippen LogP contribution in [-0.4, -0.2) is 51.5 Å². The number of nitrogens with zero attached hydrogens (tertiary/aromatic N) is 4. The number of benzene rings is 1. The molecule has 1 N–H and O–H groups in total. The normalized spacial score (nSPS) is 12.4. The Hall–Kier alpha value is -2.45. The number of nitro groups is 1. The van der Waals surface area contributed by atoms with Crippen LogP contribution in [0.1, 0.15) is 11.1 Å². The Labute approximate surface area is 140 Å². The van der Waals surface area contributed by atoms with E-state index in [2.05, 4.69) is 11.2 Å². The summed E-state index contributed by atoms with van der Waals surface area (Å²) < 4.78 is 6.63. The monoisotopic (exact) mass is 334 g/mol. The number of methoxy groups -OCH3 is 1. The Bertz CT molecular complexity index is 701. The number of ether oxygens (including phenoxy) is 1. The lowest BCUT2D eigenvalue weighted by Crippen LogP contribution is -2.31. The van der Waals surface area contributed by atoms with Gasteiger partial charge in [-0.05, 0) is 31.2 Å². The van der Waals surface area contributed by atoms with Gasteiger partial charge in [-0.15, -0.1) is 0 Å². The summed E-state index contributed by atoms with van der Waals surface area (Å²) in [5.74, 6) is 0.849. The lowest BCUT2D eigenvalue weighted by molar-refractivity contribution is -0.385. The van der Waals surface area contributed by atoms with Crippen molar-refractivity contribution in [3.05, 3.63) is 51.8 Å². The average Bonchev–Trinajstić information content (AvgIpc) is 2.95. The summed E-state index contributed by atoms with van der Waals surface area (Å²) in [5, 5.41) is 24.7. The molecule has 8 heteroatoms. The average molecular weight is 334 g/mol. The highest BCUT2D eigenvalue weighted by Crippen LogP contribution is 2.19. The lowest BCUT2D eigenvalue weighted by Gasteiger charge is -2.21. The fourth-order valence-electron chi connectivity index (χ4n) is 2.60. The minimum absolute atomic E-state index is 0.0794. The third-order valence-electron chi connectivity index (χ3n) is 3.66. The molecule has 0 saturated carbocycles. The van der Waals surface area contributed by atoms with Crippen LogP contribution in [0, 0.1) is 17.0 Å². The van der Waals surface area contributed by atoms with Crippen LogP contribution in [0.5, 0.6) is 5.75 Å². The fraction of sp³-hybridized carbons (Fsp3) is 0.438. The molecule has 130 valence electrons. The fourth-order valence-corrected chi connectivity index (χ4v) is 2.60. The molecule has 0 spiro atoms. The zero-order valence-electron chi connectivity index (χ0n) is 14.0. The molecule has 8 nitrogen and oxygen atoms in total. The smallest absolute Gasteiger partial charge is 0.306 e. The molecule has 0 bridgehead atoms. The first-order chi connectivity index (χ1) is 11.4. The molecule has 0 radical (unpaired) electrons. The number of hydrogen-bond donors (Lipinski definition) is 1. The van der Waals surface area contributed by atoms with E-state index in [1.807, 2.05) is 31.0 Å². The van der Waals surface area contributed by atoms with E-state index in [1.54, 1.807) is 7.11 Å². The largest absolute Gasteiger partial charge is 0.496 e. The van der Waals surface area contributed by atoms with E-state index in [4.69, 9.17) is 4.74 Å². The summed E-state index contributed by atoms with van der Waals surface area (Å²) in [6.07, 6.45) is 1.82. The Kier molecular flexibility index (Phi) is 5.88. The first kappa shape index (κ1) is 17.9. The van der Waals surface area contributed by atoms with Crippen LogP contribution in [0.4, 0.5) is 5.69 Å². The van der Waals surface area contributed by atoms with Gasteiger partial charge in [0.25, 0.3) is 0 Å². The molecule has 1 atom stereocenters. The molecule has 0 amide bonds. The second kappa shape index (κ2) is 7.89. The van der Waals surface area contributed by atoms with Crippen LogP contribution in [0.25, 0.3) is 0 Å². The second-order valence-corrected chi connectivity index (χ2v) is 5.83. The lowest BCUT2D eigenvalue weighted by atomic mass is 10.1. The number of aryl methyl sites for hydroxylation is 1. The maximum absolute atomic E-state index is 10.6. The molecule has 1 aromatic heterocycles. The van der Waals surface area contributed by atoms with Gasteiger partial charge in [0, 0.05) is 13.1 Å². The second-order valence-electron chi connectivity index (χ2n) is 5.83. The molecule has 24 heavy (non-hydrogen) atoms. The third-order valence-corrected chi connectivity index (χ3v) is 3.66. The van der Waals surface area contributed by atoms with Crippen LogP contribution in [0.3, 0.4) is 0 Å². The molecule has 0 aliphatic heterocycles. The molecule has 0 aliphatic carbocycles. The summed E-state index contributed by atoms with van der Waals surface area (Å²) in [7, 11) is 3.55. The van der Waals surface area contributed by atoms with Gasteiger partial charge in [0.1, 0.15) is 18.1 Å². The molecule has 1 heterocycles. The van der Waals surface area contributed by atoms with Crippen molar-refractivity contribution < 1.29 is 14.8 Å². The summed E-state index contributed by atoms with van der Waals surface area (Å²) in [5.41, 5.74) is 2.11. The van der Waals surface area contributed by atoms with E-state index in [9.17, 15) is 15.2 Å². The van der Waals surface area contributed by atoms with Gasteiger partial charge in [0.2, 0.25) is 0 Å². The first-order valence-electron chi connectivity index (χ1n) is 7.56. The molecule has 0 aliphatic rings. The molecular weight excluding hydrogens is 312 g/mol. The van der Waals surface area contributed by atoms with Gasteiger partial charge in [-0.25, -0.2) is 0 Å². The zero-order valence-corrected chi connectivity index (χ0v) is 14.0. The number of aromatic nitrogens is 2. The van der Waals surface area contributed by atoms with Crippen molar-refractivity contribution in [3.63, 3.8) is 0 Å². The van der Waals surface area contributed by atoms with Crippen molar-refractivity contribution in [2.24, 2.45) is 0 Å². The van der Waals surface area contributed by atoms with Gasteiger partial charge in [-0.3, -0.25) is 19.7 Å². The van der Waals surface area contributed by atoms with Crippen molar-refractivity contribution in [1.29, 1.82) is 0 Å². The van der Waals surface area contributed by atoms with Gasteiger partial charge in [-0.1, -0.05) is 12.1 Å².